The molecule has 3 rings (SSSR count). The minimum atomic E-state index is -0.458. The van der Waals surface area contributed by atoms with E-state index in [0.717, 1.165) is 12.0 Å². The summed E-state index contributed by atoms with van der Waals surface area (Å²) in [6.07, 6.45) is 0.854. The highest BCUT2D eigenvalue weighted by Gasteiger charge is 2.40. The molecule has 6 heteroatoms. The van der Waals surface area contributed by atoms with Crippen LogP contribution >= 0.6 is 11.6 Å². The second-order valence-corrected chi connectivity index (χ2v) is 6.05. The topological polar surface area (TPSA) is 74.8 Å². The van der Waals surface area contributed by atoms with E-state index >= 15 is 0 Å². The van der Waals surface area contributed by atoms with E-state index in [0.29, 0.717) is 16.3 Å². The van der Waals surface area contributed by atoms with Crippen molar-refractivity contribution in [1.82, 2.24) is 15.5 Å². The maximum absolute atomic E-state index is 12.3. The van der Waals surface area contributed by atoms with Crippen molar-refractivity contribution < 1.29 is 4.79 Å². The van der Waals surface area contributed by atoms with Crippen LogP contribution in [0, 0.1) is 13.8 Å². The number of aromatic nitrogens is 2. The summed E-state index contributed by atoms with van der Waals surface area (Å²) >= 11 is 5.99. The first-order valence-corrected chi connectivity index (χ1v) is 7.47. The van der Waals surface area contributed by atoms with Crippen LogP contribution in [0.3, 0.4) is 0 Å². The molecule has 1 fully saturated rings. The molecule has 0 bridgehead atoms. The lowest BCUT2D eigenvalue weighted by Gasteiger charge is -2.08. The van der Waals surface area contributed by atoms with E-state index in [1.54, 1.807) is 13.8 Å². The number of nitrogens with zero attached hydrogens (tertiary/aromatic N) is 1. The highest BCUT2D eigenvalue weighted by molar-refractivity contribution is 6.30. The Hall–Kier alpha value is -2.14. The van der Waals surface area contributed by atoms with Crippen molar-refractivity contribution in [3.8, 4) is 0 Å². The summed E-state index contributed by atoms with van der Waals surface area (Å²) in [5, 5.41) is 9.81. The molecule has 2 aromatic rings. The van der Waals surface area contributed by atoms with Gasteiger partial charge in [0.05, 0.1) is 5.69 Å². The first kappa shape index (κ1) is 14.8. The van der Waals surface area contributed by atoms with Gasteiger partial charge in [0.2, 0.25) is 0 Å². The lowest BCUT2D eigenvalue weighted by atomic mass is 10.1. The number of hydrogen-bond acceptors (Lipinski definition) is 3. The molecule has 1 saturated carbocycles. The zero-order valence-electron chi connectivity index (χ0n) is 12.3. The van der Waals surface area contributed by atoms with Crippen LogP contribution in [0.4, 0.5) is 0 Å². The zero-order chi connectivity index (χ0) is 15.9. The number of benzene rings is 1. The summed E-state index contributed by atoms with van der Waals surface area (Å²) in [5.74, 6) is -0.0938. The fourth-order valence-corrected chi connectivity index (χ4v) is 2.80. The number of rotatable bonds is 3. The molecule has 22 heavy (non-hydrogen) atoms. The molecule has 0 unspecified atom stereocenters. The fraction of sp³-hybridized carbons (Fsp3) is 0.312. The Morgan fingerprint density at radius 3 is 2.91 bits per heavy atom. The molecule has 2 N–H and O–H groups in total. The lowest BCUT2D eigenvalue weighted by molar-refractivity contribution is 0.0947. The van der Waals surface area contributed by atoms with Gasteiger partial charge in [-0.15, -0.1) is 0 Å². The lowest BCUT2D eigenvalue weighted by Crippen LogP contribution is -2.33. The fourth-order valence-electron chi connectivity index (χ4n) is 2.60. The quantitative estimate of drug-likeness (QED) is 0.912. The molecular weight excluding hydrogens is 302 g/mol. The Morgan fingerprint density at radius 1 is 1.41 bits per heavy atom. The maximum atomic E-state index is 12.3. The van der Waals surface area contributed by atoms with Gasteiger partial charge in [0.15, 0.2) is 0 Å². The monoisotopic (exact) mass is 317 g/mol. The van der Waals surface area contributed by atoms with Crippen LogP contribution in [0.25, 0.3) is 0 Å². The second-order valence-electron chi connectivity index (χ2n) is 5.62. The van der Waals surface area contributed by atoms with E-state index in [4.69, 9.17) is 11.6 Å². The first-order valence-electron chi connectivity index (χ1n) is 7.09. The van der Waals surface area contributed by atoms with Gasteiger partial charge in [0.25, 0.3) is 11.5 Å². The summed E-state index contributed by atoms with van der Waals surface area (Å²) in [6, 6.07) is 7.67. The van der Waals surface area contributed by atoms with Gasteiger partial charge < -0.3 is 5.32 Å². The first-order chi connectivity index (χ1) is 10.5. The van der Waals surface area contributed by atoms with Gasteiger partial charge in [-0.3, -0.25) is 9.59 Å². The number of carbonyl (C=O) groups is 1. The number of nitrogens with one attached hydrogen (secondary N) is 2. The predicted molar refractivity (Wildman–Crippen MR) is 84.4 cm³/mol. The molecule has 1 amide bonds. The molecule has 1 aliphatic carbocycles. The number of H-pyrrole nitrogens is 1. The van der Waals surface area contributed by atoms with Crippen molar-refractivity contribution in [2.75, 3.05) is 0 Å². The van der Waals surface area contributed by atoms with Crippen LogP contribution in [0.2, 0.25) is 5.02 Å². The molecule has 1 aromatic carbocycles. The summed E-state index contributed by atoms with van der Waals surface area (Å²) in [5.41, 5.74) is 2.05. The molecule has 0 spiro atoms. The van der Waals surface area contributed by atoms with Gasteiger partial charge in [-0.25, -0.2) is 5.10 Å². The van der Waals surface area contributed by atoms with Crippen LogP contribution in [0.15, 0.2) is 29.1 Å². The van der Waals surface area contributed by atoms with Crippen LogP contribution in [0.1, 0.15) is 39.5 Å². The van der Waals surface area contributed by atoms with E-state index in [2.05, 4.69) is 15.5 Å². The highest BCUT2D eigenvalue weighted by atomic mass is 35.5. The third-order valence-electron chi connectivity index (χ3n) is 4.08. The molecule has 1 aromatic heterocycles. The minimum absolute atomic E-state index is 0.0400. The van der Waals surface area contributed by atoms with Gasteiger partial charge in [-0.05, 0) is 43.5 Å². The Bertz CT molecular complexity index is 800. The SMILES string of the molecule is Cc1n[nH]c(=O)c(C(=O)N[C@H]2C[C@H]2c2cccc(Cl)c2)c1C. The van der Waals surface area contributed by atoms with Gasteiger partial charge in [-0.2, -0.15) is 5.10 Å². The molecular formula is C16H16ClN3O2. The number of carbonyl (C=O) groups excluding carboxylic acids is 1. The molecule has 1 aliphatic rings. The molecule has 0 aliphatic heterocycles. The van der Waals surface area contributed by atoms with E-state index in [9.17, 15) is 9.59 Å². The van der Waals surface area contributed by atoms with E-state index in [-0.39, 0.29) is 23.4 Å². The van der Waals surface area contributed by atoms with Crippen LogP contribution in [0.5, 0.6) is 0 Å². The molecule has 114 valence electrons. The number of amides is 1. The standard InChI is InChI=1S/C16H16ClN3O2/c1-8-9(2)19-20-16(22)14(8)15(21)18-13-7-12(13)10-4-3-5-11(17)6-10/h3-6,12-13H,7H2,1-2H3,(H,18,21)(H,20,22)/t12-,13-/m0/s1. The zero-order valence-corrected chi connectivity index (χ0v) is 13.1. The van der Waals surface area contributed by atoms with E-state index in [1.165, 1.54) is 0 Å². The number of hydrogen-bond donors (Lipinski definition) is 2. The molecule has 0 radical (unpaired) electrons. The number of halogens is 1. The van der Waals surface area contributed by atoms with Crippen molar-refractivity contribution in [3.05, 3.63) is 62.0 Å². The molecule has 1 heterocycles. The van der Waals surface area contributed by atoms with Gasteiger partial charge in [0, 0.05) is 17.0 Å². The minimum Gasteiger partial charge on any atom is -0.348 e. The normalized spacial score (nSPS) is 19.8. The Labute approximate surface area is 132 Å². The predicted octanol–water partition coefficient (Wildman–Crippen LogP) is 2.33. The number of aromatic amines is 1. The van der Waals surface area contributed by atoms with Crippen molar-refractivity contribution in [1.29, 1.82) is 0 Å². The summed E-state index contributed by atoms with van der Waals surface area (Å²) in [6.45, 7) is 3.49. The van der Waals surface area contributed by atoms with Crippen LogP contribution < -0.4 is 10.9 Å². The van der Waals surface area contributed by atoms with Crippen LogP contribution in [-0.2, 0) is 0 Å². The van der Waals surface area contributed by atoms with E-state index < -0.39 is 5.56 Å². The third-order valence-corrected chi connectivity index (χ3v) is 4.32. The number of aryl methyl sites for hydroxylation is 1. The van der Waals surface area contributed by atoms with Crippen molar-refractivity contribution in [2.45, 2.75) is 32.2 Å². The van der Waals surface area contributed by atoms with Gasteiger partial charge in [0.1, 0.15) is 5.56 Å². The average Bonchev–Trinajstić information content (AvgIpc) is 3.22. The molecule has 5 nitrogen and oxygen atoms in total. The Morgan fingerprint density at radius 2 is 2.18 bits per heavy atom. The van der Waals surface area contributed by atoms with Crippen molar-refractivity contribution in [2.24, 2.45) is 0 Å². The van der Waals surface area contributed by atoms with Crippen molar-refractivity contribution in [3.63, 3.8) is 0 Å². The highest BCUT2D eigenvalue weighted by Crippen LogP contribution is 2.41. The van der Waals surface area contributed by atoms with E-state index in [1.807, 2.05) is 24.3 Å². The maximum Gasteiger partial charge on any atom is 0.277 e. The summed E-state index contributed by atoms with van der Waals surface area (Å²) in [7, 11) is 0. The molecule has 0 saturated heterocycles. The smallest absolute Gasteiger partial charge is 0.277 e. The largest absolute Gasteiger partial charge is 0.348 e. The summed E-state index contributed by atoms with van der Waals surface area (Å²) in [4.78, 5) is 24.2. The Kier molecular flexibility index (Phi) is 3.74. The third kappa shape index (κ3) is 2.76. The Balaban J connectivity index is 1.75. The summed E-state index contributed by atoms with van der Waals surface area (Å²) < 4.78 is 0. The average molecular weight is 318 g/mol. The second kappa shape index (κ2) is 5.57. The van der Waals surface area contributed by atoms with Crippen molar-refractivity contribution >= 4 is 17.5 Å². The van der Waals surface area contributed by atoms with Gasteiger partial charge in [-0.1, -0.05) is 23.7 Å². The van der Waals surface area contributed by atoms with Gasteiger partial charge >= 0.3 is 0 Å². The van der Waals surface area contributed by atoms with Crippen LogP contribution in [-0.4, -0.2) is 22.1 Å². The molecule has 2 atom stereocenters.